The van der Waals surface area contributed by atoms with E-state index in [1.807, 2.05) is 23.3 Å². The largest absolute Gasteiger partial charge is 0.477 e. The van der Waals surface area contributed by atoms with Gasteiger partial charge in [-0.2, -0.15) is 4.98 Å². The third-order valence-electron chi connectivity index (χ3n) is 6.44. The van der Waals surface area contributed by atoms with Crippen molar-refractivity contribution >= 4 is 46.9 Å². The van der Waals surface area contributed by atoms with Gasteiger partial charge in [-0.15, -0.1) is 23.1 Å². The van der Waals surface area contributed by atoms with E-state index < -0.39 is 18.0 Å². The summed E-state index contributed by atoms with van der Waals surface area (Å²) in [4.78, 5) is 45.5. The zero-order valence-electron chi connectivity index (χ0n) is 18.5. The lowest BCUT2D eigenvalue weighted by Crippen LogP contribution is -2.63. The number of aliphatic carboxylic acids is 1. The molecule has 12 heteroatoms. The number of hydrogen-bond acceptors (Lipinski definition) is 9. The van der Waals surface area contributed by atoms with Crippen LogP contribution in [0.1, 0.15) is 29.2 Å². The maximum absolute atomic E-state index is 12.5. The summed E-state index contributed by atoms with van der Waals surface area (Å²) in [6.07, 6.45) is 0.700. The summed E-state index contributed by atoms with van der Waals surface area (Å²) in [7, 11) is 0. The molecule has 0 spiro atoms. The van der Waals surface area contributed by atoms with Gasteiger partial charge in [0.25, 0.3) is 11.9 Å². The molecule has 2 amide bonds. The lowest BCUT2D eigenvalue weighted by molar-refractivity contribution is -0.163. The van der Waals surface area contributed by atoms with Crippen LogP contribution in [0.5, 0.6) is 0 Å². The van der Waals surface area contributed by atoms with Crippen LogP contribution < -0.4 is 10.2 Å². The molecule has 2 fully saturated rings. The van der Waals surface area contributed by atoms with Crippen molar-refractivity contribution in [3.63, 3.8) is 0 Å². The Hall–Kier alpha value is -2.83. The summed E-state index contributed by atoms with van der Waals surface area (Å²) in [5.74, 6) is -2.32. The lowest BCUT2D eigenvalue weighted by atomic mass is 9.79. The van der Waals surface area contributed by atoms with Crippen molar-refractivity contribution < 1.29 is 29.0 Å². The fourth-order valence-electron chi connectivity index (χ4n) is 4.72. The van der Waals surface area contributed by atoms with Crippen LogP contribution in [-0.2, 0) is 16.1 Å². The van der Waals surface area contributed by atoms with Gasteiger partial charge in [-0.25, -0.2) is 4.79 Å². The average molecular weight is 505 g/mol. The molecule has 180 valence electrons. The normalized spacial score (nSPS) is 25.1. The standard InChI is InChI=1S/C22H24N4O6S2/c1-10-16-15(11(2)27)20(29)26(16)17(21(30)31)18(10)34-13-7-25(8-13)22-24-12(9-32-22)6-23-19(28)14-4-3-5-33-14/h3-5,9-11,13,15-16,27H,6-8H2,1-2H3,(H,23,28)(H,30,31)/t10-,11-,15-,16-/m1/s1. The first kappa shape index (κ1) is 22.9. The van der Waals surface area contributed by atoms with Crippen LogP contribution in [0.4, 0.5) is 6.01 Å². The minimum atomic E-state index is -1.12. The molecule has 3 aliphatic heterocycles. The highest BCUT2D eigenvalue weighted by Gasteiger charge is 2.60. The number of thioether (sulfide) groups is 1. The molecular weight excluding hydrogens is 480 g/mol. The van der Waals surface area contributed by atoms with Gasteiger partial charge in [0.1, 0.15) is 17.7 Å². The second kappa shape index (κ2) is 8.75. The summed E-state index contributed by atoms with van der Waals surface area (Å²) in [5.41, 5.74) is 0.658. The molecule has 0 bridgehead atoms. The number of carboxylic acids is 1. The Balaban J connectivity index is 1.18. The number of hydrogen-bond donors (Lipinski definition) is 3. The number of rotatable bonds is 8. The summed E-state index contributed by atoms with van der Waals surface area (Å²) in [6, 6.07) is 3.72. The Kier molecular flexibility index (Phi) is 5.90. The quantitative estimate of drug-likeness (QED) is 0.459. The highest BCUT2D eigenvalue weighted by molar-refractivity contribution is 8.03. The topological polar surface area (TPSA) is 136 Å². The number of β-lactam (4-membered cyclic amide) rings is 1. The van der Waals surface area contributed by atoms with Crippen LogP contribution in [0.3, 0.4) is 0 Å². The number of aliphatic hydroxyl groups is 1. The smallest absolute Gasteiger partial charge is 0.353 e. The van der Waals surface area contributed by atoms with Crippen molar-refractivity contribution in [2.75, 3.05) is 18.0 Å². The van der Waals surface area contributed by atoms with Crippen LogP contribution in [0, 0.1) is 11.8 Å². The van der Waals surface area contributed by atoms with E-state index >= 15 is 0 Å². The molecule has 0 radical (unpaired) electrons. The fraction of sp³-hybridized carbons (Fsp3) is 0.455. The van der Waals surface area contributed by atoms with Crippen LogP contribution in [0.2, 0.25) is 0 Å². The molecule has 0 aromatic carbocycles. The second-order valence-corrected chi connectivity index (χ2v) is 11.0. The Morgan fingerprint density at radius 2 is 2.18 bits per heavy atom. The Bertz CT molecular complexity index is 1150. The molecule has 2 aromatic heterocycles. The minimum Gasteiger partial charge on any atom is -0.477 e. The number of amides is 2. The number of carboxylic acid groups (broad SMARTS) is 1. The van der Waals surface area contributed by atoms with Gasteiger partial charge < -0.3 is 29.7 Å². The number of fused-ring (bicyclic) bond motifs is 1. The zero-order chi connectivity index (χ0) is 24.1. The first-order valence-electron chi connectivity index (χ1n) is 10.9. The molecule has 4 atom stereocenters. The predicted molar refractivity (Wildman–Crippen MR) is 125 cm³/mol. The number of nitrogens with zero attached hydrogens (tertiary/aromatic N) is 3. The monoisotopic (exact) mass is 504 g/mol. The second-order valence-electron chi connectivity index (χ2n) is 8.70. The number of nitrogens with one attached hydrogen (secondary N) is 1. The van der Waals surface area contributed by atoms with Gasteiger partial charge in [0.2, 0.25) is 5.91 Å². The van der Waals surface area contributed by atoms with Crippen molar-refractivity contribution in [2.45, 2.75) is 37.8 Å². The van der Waals surface area contributed by atoms with Gasteiger partial charge in [0.05, 0.1) is 29.5 Å². The van der Waals surface area contributed by atoms with E-state index in [-0.39, 0.29) is 41.3 Å². The molecule has 0 unspecified atom stereocenters. The van der Waals surface area contributed by atoms with E-state index in [0.717, 1.165) is 0 Å². The first-order valence-corrected chi connectivity index (χ1v) is 12.7. The Labute approximate surface area is 203 Å². The summed E-state index contributed by atoms with van der Waals surface area (Å²) < 4.78 is 5.56. The number of oxazole rings is 1. The summed E-state index contributed by atoms with van der Waals surface area (Å²) in [5, 5.41) is 24.5. The maximum Gasteiger partial charge on any atom is 0.353 e. The summed E-state index contributed by atoms with van der Waals surface area (Å²) in [6.45, 7) is 4.98. The van der Waals surface area contributed by atoms with Gasteiger partial charge in [-0.05, 0) is 18.4 Å². The lowest BCUT2D eigenvalue weighted by Gasteiger charge is -2.46. The molecule has 10 nitrogen and oxygen atoms in total. The van der Waals surface area contributed by atoms with E-state index in [2.05, 4.69) is 10.3 Å². The van der Waals surface area contributed by atoms with E-state index in [1.54, 1.807) is 13.0 Å². The van der Waals surface area contributed by atoms with Gasteiger partial charge >= 0.3 is 5.97 Å². The van der Waals surface area contributed by atoms with E-state index in [0.29, 0.717) is 34.6 Å². The third kappa shape index (κ3) is 3.79. The predicted octanol–water partition coefficient (Wildman–Crippen LogP) is 1.74. The fourth-order valence-corrected chi connectivity index (χ4v) is 6.88. The minimum absolute atomic E-state index is 0.0442. The molecular formula is C22H24N4O6S2. The highest BCUT2D eigenvalue weighted by atomic mass is 32.2. The molecule has 0 saturated carbocycles. The van der Waals surface area contributed by atoms with Crippen LogP contribution in [0.15, 0.2) is 38.8 Å². The number of carbonyl (C=O) groups excluding carboxylic acids is 2. The zero-order valence-corrected chi connectivity index (χ0v) is 20.1. The van der Waals surface area contributed by atoms with Crippen molar-refractivity contribution in [1.82, 2.24) is 15.2 Å². The molecule has 2 aromatic rings. The van der Waals surface area contributed by atoms with Gasteiger partial charge in [-0.3, -0.25) is 9.59 Å². The van der Waals surface area contributed by atoms with E-state index in [9.17, 15) is 24.6 Å². The Morgan fingerprint density at radius 1 is 1.41 bits per heavy atom. The van der Waals surface area contributed by atoms with Crippen LogP contribution in [0.25, 0.3) is 0 Å². The van der Waals surface area contributed by atoms with Crippen molar-refractivity contribution in [3.05, 3.63) is 44.9 Å². The van der Waals surface area contributed by atoms with Crippen LogP contribution >= 0.6 is 23.1 Å². The molecule has 34 heavy (non-hydrogen) atoms. The van der Waals surface area contributed by atoms with E-state index in [1.165, 1.54) is 34.3 Å². The van der Waals surface area contributed by atoms with Crippen LogP contribution in [-0.4, -0.2) is 68.4 Å². The molecule has 3 aliphatic rings. The third-order valence-corrected chi connectivity index (χ3v) is 8.76. The number of aromatic nitrogens is 1. The average Bonchev–Trinajstić information content (AvgIpc) is 3.48. The molecule has 0 aliphatic carbocycles. The van der Waals surface area contributed by atoms with Crippen molar-refractivity contribution in [2.24, 2.45) is 11.8 Å². The molecule has 5 heterocycles. The molecule has 2 saturated heterocycles. The highest BCUT2D eigenvalue weighted by Crippen LogP contribution is 2.52. The van der Waals surface area contributed by atoms with Gasteiger partial charge in [0, 0.05) is 29.2 Å². The summed E-state index contributed by atoms with van der Waals surface area (Å²) >= 11 is 2.84. The van der Waals surface area contributed by atoms with Crippen molar-refractivity contribution in [3.8, 4) is 0 Å². The van der Waals surface area contributed by atoms with E-state index in [4.69, 9.17) is 4.42 Å². The number of aliphatic hydroxyl groups excluding tert-OH is 1. The SMILES string of the molecule is C[C@@H](O)[C@H]1C(=O)N2C(C(=O)O)=C(SC3CN(c4nc(CNC(=O)c5cccs5)co4)C3)[C@H](C)[C@H]12. The molecule has 3 N–H and O–H groups in total. The number of carbonyl (C=O) groups is 3. The Morgan fingerprint density at radius 3 is 2.82 bits per heavy atom. The van der Waals surface area contributed by atoms with Gasteiger partial charge in [0.15, 0.2) is 0 Å². The maximum atomic E-state index is 12.5. The number of anilines is 1. The first-order chi connectivity index (χ1) is 16.3. The van der Waals surface area contributed by atoms with Crippen molar-refractivity contribution in [1.29, 1.82) is 0 Å². The molecule has 5 rings (SSSR count). The number of thiophene rings is 1. The van der Waals surface area contributed by atoms with Gasteiger partial charge in [-0.1, -0.05) is 13.0 Å².